The minimum Gasteiger partial charge on any atom is -0.478 e. The first-order valence-corrected chi connectivity index (χ1v) is 13.9. The number of nitrogens with one attached hydrogen (secondary N) is 1. The van der Waals surface area contributed by atoms with Crippen LogP contribution in [0.3, 0.4) is 0 Å². The average molecular weight is 526 g/mol. The lowest BCUT2D eigenvalue weighted by Gasteiger charge is -2.28. The van der Waals surface area contributed by atoms with Crippen LogP contribution in [0, 0.1) is 0 Å². The number of aliphatic carboxylic acids is 2. The molecule has 1 aromatic carbocycles. The third-order valence-electron chi connectivity index (χ3n) is 5.54. The number of piperidine rings is 1. The summed E-state index contributed by atoms with van der Waals surface area (Å²) in [6.07, 6.45) is 6.37. The highest BCUT2D eigenvalue weighted by Crippen LogP contribution is 2.12. The van der Waals surface area contributed by atoms with E-state index in [-0.39, 0.29) is 17.8 Å². The molecule has 0 aromatic heterocycles. The number of urea groups is 1. The quantitative estimate of drug-likeness (QED) is 0.279. The van der Waals surface area contributed by atoms with Crippen LogP contribution in [-0.4, -0.2) is 90.9 Å². The molecule has 0 spiro atoms. The fourth-order valence-corrected chi connectivity index (χ4v) is 5.01. The molecule has 0 radical (unpaired) electrons. The van der Waals surface area contributed by atoms with E-state index < -0.39 is 21.8 Å². The van der Waals surface area contributed by atoms with Gasteiger partial charge in [0.15, 0.2) is 9.84 Å². The lowest BCUT2D eigenvalue weighted by atomic mass is 10.1. The lowest BCUT2D eigenvalue weighted by molar-refractivity contribution is -0.134. The van der Waals surface area contributed by atoms with Gasteiger partial charge in [0.2, 0.25) is 0 Å². The number of amides is 2. The van der Waals surface area contributed by atoms with Crippen LogP contribution in [0.2, 0.25) is 0 Å². The van der Waals surface area contributed by atoms with Gasteiger partial charge in [-0.05, 0) is 71.3 Å². The zero-order valence-electron chi connectivity index (χ0n) is 21.1. The minimum absolute atomic E-state index is 0.0292. The van der Waals surface area contributed by atoms with Crippen molar-refractivity contribution >= 4 is 27.8 Å². The lowest BCUT2D eigenvalue weighted by Crippen LogP contribution is -2.45. The summed E-state index contributed by atoms with van der Waals surface area (Å²) < 4.78 is 24.8. The molecule has 1 saturated heterocycles. The second-order valence-electron chi connectivity index (χ2n) is 8.77. The summed E-state index contributed by atoms with van der Waals surface area (Å²) in [6, 6.07) is 8.41. The van der Waals surface area contributed by atoms with Gasteiger partial charge in [0.1, 0.15) is 0 Å². The smallest absolute Gasteiger partial charge is 0.328 e. The molecule has 3 N–H and O–H groups in total. The number of benzene rings is 1. The summed E-state index contributed by atoms with van der Waals surface area (Å²) in [5, 5.41) is 18.6. The van der Waals surface area contributed by atoms with Gasteiger partial charge in [-0.1, -0.05) is 24.6 Å². The molecule has 1 aliphatic rings. The zero-order chi connectivity index (χ0) is 27.0. The maximum Gasteiger partial charge on any atom is 0.328 e. The van der Waals surface area contributed by atoms with Crippen molar-refractivity contribution in [3.63, 3.8) is 0 Å². The average Bonchev–Trinajstić information content (AvgIpc) is 2.84. The molecule has 0 bridgehead atoms. The molecule has 10 nitrogen and oxygen atoms in total. The number of hydrogen-bond donors (Lipinski definition) is 3. The summed E-state index contributed by atoms with van der Waals surface area (Å²) >= 11 is 0. The number of carboxylic acid groups (broad SMARTS) is 2. The molecule has 11 heteroatoms. The van der Waals surface area contributed by atoms with E-state index >= 15 is 0 Å². The molecular formula is C25H39N3O7S. The number of likely N-dealkylation sites (tertiary alicyclic amines) is 1. The number of sulfone groups is 1. The largest absolute Gasteiger partial charge is 0.478 e. The van der Waals surface area contributed by atoms with Gasteiger partial charge in [-0.25, -0.2) is 22.8 Å². The molecule has 0 atom stereocenters. The number of nitrogens with zero attached hydrogens (tertiary/aromatic N) is 2. The van der Waals surface area contributed by atoms with Gasteiger partial charge in [0, 0.05) is 31.3 Å². The zero-order valence-corrected chi connectivity index (χ0v) is 22.0. The predicted octanol–water partition coefficient (Wildman–Crippen LogP) is 2.86. The van der Waals surface area contributed by atoms with E-state index in [0.29, 0.717) is 36.6 Å². The van der Waals surface area contributed by atoms with E-state index in [1.165, 1.54) is 32.4 Å². The molecule has 2 rings (SSSR count). The van der Waals surface area contributed by atoms with Crippen LogP contribution < -0.4 is 5.32 Å². The maximum absolute atomic E-state index is 12.5. The number of carboxylic acids is 2. The Balaban J connectivity index is 0.000000697. The van der Waals surface area contributed by atoms with Crippen LogP contribution in [0.15, 0.2) is 47.4 Å². The highest BCUT2D eigenvalue weighted by atomic mass is 32.2. The van der Waals surface area contributed by atoms with E-state index in [0.717, 1.165) is 13.0 Å². The van der Waals surface area contributed by atoms with Crippen molar-refractivity contribution in [2.75, 3.05) is 38.5 Å². The third-order valence-corrected chi connectivity index (χ3v) is 7.36. The van der Waals surface area contributed by atoms with Crippen LogP contribution in [0.4, 0.5) is 4.79 Å². The second-order valence-corrected chi connectivity index (χ2v) is 10.9. The Labute approximate surface area is 213 Å². The van der Waals surface area contributed by atoms with Gasteiger partial charge in [0.05, 0.1) is 10.6 Å². The first kappa shape index (κ1) is 31.1. The van der Waals surface area contributed by atoms with Gasteiger partial charge in [-0.2, -0.15) is 0 Å². The van der Waals surface area contributed by atoms with Crippen LogP contribution in [0.1, 0.15) is 46.0 Å². The highest BCUT2D eigenvalue weighted by molar-refractivity contribution is 7.91. The van der Waals surface area contributed by atoms with Gasteiger partial charge < -0.3 is 25.3 Å². The Bertz CT molecular complexity index is 928. The molecule has 0 unspecified atom stereocenters. The third kappa shape index (κ3) is 13.2. The predicted molar refractivity (Wildman–Crippen MR) is 138 cm³/mol. The van der Waals surface area contributed by atoms with E-state index in [4.69, 9.17) is 10.2 Å². The Hall–Kier alpha value is -2.92. The Morgan fingerprint density at radius 1 is 1.00 bits per heavy atom. The maximum atomic E-state index is 12.5. The minimum atomic E-state index is -3.30. The summed E-state index contributed by atoms with van der Waals surface area (Å²) in [6.45, 7) is 8.36. The van der Waals surface area contributed by atoms with Crippen molar-refractivity contribution in [2.24, 2.45) is 0 Å². The molecule has 1 aliphatic heterocycles. The fourth-order valence-electron chi connectivity index (χ4n) is 3.69. The molecule has 1 fully saturated rings. The van der Waals surface area contributed by atoms with Gasteiger partial charge in [-0.3, -0.25) is 0 Å². The van der Waals surface area contributed by atoms with Gasteiger partial charge >= 0.3 is 18.0 Å². The van der Waals surface area contributed by atoms with Crippen LogP contribution in [0.5, 0.6) is 0 Å². The van der Waals surface area contributed by atoms with E-state index in [1.807, 2.05) is 13.8 Å². The topological polar surface area (TPSA) is 144 Å². The summed E-state index contributed by atoms with van der Waals surface area (Å²) in [5.41, 5.74) is 0. The Kier molecular flexibility index (Phi) is 14.4. The molecule has 36 heavy (non-hydrogen) atoms. The van der Waals surface area contributed by atoms with Crippen molar-refractivity contribution in [3.05, 3.63) is 42.5 Å². The summed E-state index contributed by atoms with van der Waals surface area (Å²) in [5.74, 6) is -2.47. The standard InChI is InChI=1S/C21H35N3O3S.C4H4O4/c1-19(2)24(17-10-18-28(26,27)20-11-5-3-6-12-20)21(25)22-13-9-16-23-14-7-4-8-15-23;5-3(6)1-2-4(7)8/h3,5-6,11-12,19H,4,7-10,13-18H2,1-2H3,(H,22,25);1-2H,(H,5,6)(H,7,8). The van der Waals surface area contributed by atoms with Crippen molar-refractivity contribution in [1.29, 1.82) is 0 Å². The van der Waals surface area contributed by atoms with Crippen LogP contribution >= 0.6 is 0 Å². The van der Waals surface area contributed by atoms with Crippen LogP contribution in [0.25, 0.3) is 0 Å². The number of carbonyl (C=O) groups is 3. The van der Waals surface area contributed by atoms with E-state index in [9.17, 15) is 22.8 Å². The molecule has 1 aromatic rings. The second kappa shape index (κ2) is 16.7. The monoisotopic (exact) mass is 525 g/mol. The number of rotatable bonds is 12. The van der Waals surface area contributed by atoms with Gasteiger partial charge in [-0.15, -0.1) is 0 Å². The Morgan fingerprint density at radius 2 is 1.58 bits per heavy atom. The number of carbonyl (C=O) groups excluding carboxylic acids is 1. The molecule has 2 amide bonds. The summed E-state index contributed by atoms with van der Waals surface area (Å²) in [7, 11) is -3.30. The summed E-state index contributed by atoms with van der Waals surface area (Å²) in [4.78, 5) is 36.1. The molecular weight excluding hydrogens is 486 g/mol. The van der Waals surface area contributed by atoms with Crippen molar-refractivity contribution in [3.8, 4) is 0 Å². The van der Waals surface area contributed by atoms with E-state index in [2.05, 4.69) is 10.2 Å². The Morgan fingerprint density at radius 3 is 2.11 bits per heavy atom. The molecule has 0 aliphatic carbocycles. The first-order chi connectivity index (χ1) is 17.0. The highest BCUT2D eigenvalue weighted by Gasteiger charge is 2.19. The van der Waals surface area contributed by atoms with Crippen molar-refractivity contribution in [2.45, 2.75) is 56.9 Å². The van der Waals surface area contributed by atoms with Crippen LogP contribution in [-0.2, 0) is 19.4 Å². The van der Waals surface area contributed by atoms with Crippen molar-refractivity contribution < 1.29 is 33.0 Å². The first-order valence-electron chi connectivity index (χ1n) is 12.2. The van der Waals surface area contributed by atoms with Gasteiger partial charge in [0.25, 0.3) is 0 Å². The number of hydrogen-bond acceptors (Lipinski definition) is 6. The van der Waals surface area contributed by atoms with E-state index in [1.54, 1.807) is 35.2 Å². The SMILES string of the molecule is CC(C)N(CCCS(=O)(=O)c1ccccc1)C(=O)NCCCN1CCCCC1.O=C(O)C=CC(=O)O. The normalized spacial score (nSPS) is 14.2. The molecule has 1 heterocycles. The molecule has 202 valence electrons. The molecule has 0 saturated carbocycles. The fraction of sp³-hybridized carbons (Fsp3) is 0.560. The van der Waals surface area contributed by atoms with Crippen molar-refractivity contribution in [1.82, 2.24) is 15.1 Å².